The van der Waals surface area contributed by atoms with Crippen molar-refractivity contribution in [3.8, 4) is 22.8 Å². The maximum absolute atomic E-state index is 12.0. The molecule has 1 aliphatic rings. The second kappa shape index (κ2) is 8.37. The molecule has 0 aliphatic carbocycles. The van der Waals surface area contributed by atoms with E-state index in [1.807, 2.05) is 24.3 Å². The molecule has 6 nitrogen and oxygen atoms in total. The minimum absolute atomic E-state index is 0.0743. The number of nitrogens with zero attached hydrogens (tertiary/aromatic N) is 3. The molecular formula is C22H23N3O3. The second-order valence-electron chi connectivity index (χ2n) is 6.86. The molecule has 0 unspecified atom stereocenters. The van der Waals surface area contributed by atoms with Crippen LogP contribution in [0.1, 0.15) is 5.56 Å². The van der Waals surface area contributed by atoms with Crippen LogP contribution in [0.2, 0.25) is 0 Å². The summed E-state index contributed by atoms with van der Waals surface area (Å²) >= 11 is 0. The number of benzene rings is 2. The van der Waals surface area contributed by atoms with E-state index in [1.54, 1.807) is 19.4 Å². The largest absolute Gasteiger partial charge is 0.435 e. The number of aryl methyl sites for hydroxylation is 1. The van der Waals surface area contributed by atoms with E-state index < -0.39 is 0 Å². The lowest BCUT2D eigenvalue weighted by Gasteiger charge is -2.26. The highest BCUT2D eigenvalue weighted by Gasteiger charge is 2.11. The van der Waals surface area contributed by atoms with Crippen molar-refractivity contribution >= 4 is 0 Å². The smallest absolute Gasteiger partial charge is 0.313 e. The number of ether oxygens (including phenoxy) is 2. The van der Waals surface area contributed by atoms with E-state index in [2.05, 4.69) is 34.1 Å². The van der Waals surface area contributed by atoms with Gasteiger partial charge in [0.25, 0.3) is 5.88 Å². The molecule has 1 aliphatic heterocycles. The van der Waals surface area contributed by atoms with Gasteiger partial charge in [-0.25, -0.2) is 4.98 Å². The maximum atomic E-state index is 12.0. The summed E-state index contributed by atoms with van der Waals surface area (Å²) in [5, 5.41) is 0. The third-order valence-electron chi connectivity index (χ3n) is 4.85. The van der Waals surface area contributed by atoms with Gasteiger partial charge in [-0.2, -0.15) is 0 Å². The molecule has 0 saturated carbocycles. The van der Waals surface area contributed by atoms with E-state index in [0.717, 1.165) is 44.0 Å². The number of hydrogen-bond donors (Lipinski definition) is 0. The first kappa shape index (κ1) is 18.4. The van der Waals surface area contributed by atoms with Crippen LogP contribution in [0.25, 0.3) is 11.1 Å². The van der Waals surface area contributed by atoms with Crippen molar-refractivity contribution in [2.75, 3.05) is 26.3 Å². The quantitative estimate of drug-likeness (QED) is 0.684. The molecule has 0 amide bonds. The Labute approximate surface area is 164 Å². The van der Waals surface area contributed by atoms with Gasteiger partial charge in [-0.05, 0) is 28.8 Å². The van der Waals surface area contributed by atoms with Crippen LogP contribution in [0.5, 0.6) is 11.6 Å². The van der Waals surface area contributed by atoms with Crippen LogP contribution >= 0.6 is 0 Å². The minimum Gasteiger partial charge on any atom is -0.435 e. The minimum atomic E-state index is -0.262. The van der Waals surface area contributed by atoms with E-state index in [0.29, 0.717) is 5.75 Å². The van der Waals surface area contributed by atoms with Crippen LogP contribution in [0.3, 0.4) is 0 Å². The van der Waals surface area contributed by atoms with Crippen LogP contribution in [-0.2, 0) is 18.3 Å². The fourth-order valence-corrected chi connectivity index (χ4v) is 3.19. The summed E-state index contributed by atoms with van der Waals surface area (Å²) in [4.78, 5) is 18.4. The molecular weight excluding hydrogens is 354 g/mol. The van der Waals surface area contributed by atoms with Crippen molar-refractivity contribution in [1.82, 2.24) is 14.5 Å². The van der Waals surface area contributed by atoms with E-state index >= 15 is 0 Å². The van der Waals surface area contributed by atoms with Crippen molar-refractivity contribution in [3.05, 3.63) is 76.8 Å². The number of morpholine rings is 1. The highest BCUT2D eigenvalue weighted by Crippen LogP contribution is 2.24. The summed E-state index contributed by atoms with van der Waals surface area (Å²) in [7, 11) is 1.67. The van der Waals surface area contributed by atoms with Gasteiger partial charge in [0.05, 0.1) is 13.2 Å². The number of aromatic nitrogens is 2. The van der Waals surface area contributed by atoms with Crippen LogP contribution in [0.15, 0.2) is 65.7 Å². The summed E-state index contributed by atoms with van der Waals surface area (Å²) in [6, 6.07) is 16.3. The second-order valence-corrected chi connectivity index (χ2v) is 6.86. The molecule has 0 N–H and O–H groups in total. The van der Waals surface area contributed by atoms with Gasteiger partial charge in [0.15, 0.2) is 0 Å². The molecule has 2 aromatic carbocycles. The van der Waals surface area contributed by atoms with E-state index in [1.165, 1.54) is 10.1 Å². The van der Waals surface area contributed by atoms with Gasteiger partial charge in [-0.15, -0.1) is 0 Å². The summed E-state index contributed by atoms with van der Waals surface area (Å²) in [6.45, 7) is 4.56. The van der Waals surface area contributed by atoms with Crippen molar-refractivity contribution in [2.24, 2.45) is 7.05 Å². The average molecular weight is 377 g/mol. The Morgan fingerprint density at radius 1 is 1.00 bits per heavy atom. The summed E-state index contributed by atoms with van der Waals surface area (Å²) in [6.07, 6.45) is 3.14. The third kappa shape index (κ3) is 4.30. The monoisotopic (exact) mass is 377 g/mol. The molecule has 6 heteroatoms. The molecule has 1 fully saturated rings. The Morgan fingerprint density at radius 3 is 2.32 bits per heavy atom. The van der Waals surface area contributed by atoms with Crippen LogP contribution in [0.4, 0.5) is 0 Å². The Hall–Kier alpha value is -2.96. The predicted molar refractivity (Wildman–Crippen MR) is 108 cm³/mol. The molecule has 2 heterocycles. The van der Waals surface area contributed by atoms with Crippen molar-refractivity contribution in [3.63, 3.8) is 0 Å². The fraction of sp³-hybridized carbons (Fsp3) is 0.273. The zero-order valence-electron chi connectivity index (χ0n) is 15.9. The highest BCUT2D eigenvalue weighted by atomic mass is 16.5. The van der Waals surface area contributed by atoms with Crippen molar-refractivity contribution < 1.29 is 9.47 Å². The van der Waals surface area contributed by atoms with Gasteiger partial charge in [-0.3, -0.25) is 9.69 Å². The molecule has 0 bridgehead atoms. The molecule has 28 heavy (non-hydrogen) atoms. The Bertz CT molecular complexity index is 975. The first-order valence-electron chi connectivity index (χ1n) is 9.38. The molecule has 1 saturated heterocycles. The van der Waals surface area contributed by atoms with Gasteiger partial charge in [-0.1, -0.05) is 36.4 Å². The molecule has 144 valence electrons. The normalized spacial score (nSPS) is 14.8. The van der Waals surface area contributed by atoms with Gasteiger partial charge >= 0.3 is 5.56 Å². The molecule has 3 aromatic rings. The predicted octanol–water partition coefficient (Wildman–Crippen LogP) is 3.07. The average Bonchev–Trinajstić information content (AvgIpc) is 2.73. The molecule has 0 spiro atoms. The van der Waals surface area contributed by atoms with Gasteiger partial charge in [0.2, 0.25) is 0 Å². The molecule has 1 aromatic heterocycles. The van der Waals surface area contributed by atoms with Crippen LogP contribution < -0.4 is 10.3 Å². The lowest BCUT2D eigenvalue weighted by molar-refractivity contribution is 0.0342. The zero-order valence-corrected chi connectivity index (χ0v) is 15.9. The Morgan fingerprint density at radius 2 is 1.64 bits per heavy atom. The first-order valence-corrected chi connectivity index (χ1v) is 9.38. The van der Waals surface area contributed by atoms with Crippen LogP contribution in [-0.4, -0.2) is 40.8 Å². The summed E-state index contributed by atoms with van der Waals surface area (Å²) < 4.78 is 12.5. The SMILES string of the molecule is Cn1ccnc(Oc2ccc(-c3ccc(CN4CCOCC4)cc3)cc2)c1=O. The number of rotatable bonds is 5. The molecule has 0 radical (unpaired) electrons. The van der Waals surface area contributed by atoms with Gasteiger partial charge in [0.1, 0.15) is 5.75 Å². The summed E-state index contributed by atoms with van der Waals surface area (Å²) in [5.74, 6) is 0.661. The van der Waals surface area contributed by atoms with E-state index in [9.17, 15) is 4.79 Å². The van der Waals surface area contributed by atoms with Crippen molar-refractivity contribution in [1.29, 1.82) is 0 Å². The standard InChI is InChI=1S/C22H23N3O3/c1-24-11-10-23-21(22(24)26)28-20-8-6-19(7-9-20)18-4-2-17(3-5-18)16-25-12-14-27-15-13-25/h2-11H,12-16H2,1H3. The fourth-order valence-electron chi connectivity index (χ4n) is 3.19. The lowest BCUT2D eigenvalue weighted by atomic mass is 10.0. The van der Waals surface area contributed by atoms with E-state index in [4.69, 9.17) is 9.47 Å². The third-order valence-corrected chi connectivity index (χ3v) is 4.85. The summed E-state index contributed by atoms with van der Waals surface area (Å²) in [5.41, 5.74) is 3.28. The highest BCUT2D eigenvalue weighted by molar-refractivity contribution is 5.64. The Balaban J connectivity index is 1.43. The zero-order chi connectivity index (χ0) is 19.3. The van der Waals surface area contributed by atoms with Gasteiger partial charge in [0, 0.05) is 39.1 Å². The first-order chi connectivity index (χ1) is 13.7. The van der Waals surface area contributed by atoms with E-state index in [-0.39, 0.29) is 11.4 Å². The topological polar surface area (TPSA) is 56.6 Å². The van der Waals surface area contributed by atoms with Crippen LogP contribution in [0, 0.1) is 0 Å². The Kier molecular flexibility index (Phi) is 5.50. The maximum Gasteiger partial charge on any atom is 0.313 e. The number of hydrogen-bond acceptors (Lipinski definition) is 5. The molecule has 4 rings (SSSR count). The van der Waals surface area contributed by atoms with Crippen molar-refractivity contribution in [2.45, 2.75) is 6.54 Å². The molecule has 0 atom stereocenters. The van der Waals surface area contributed by atoms with Gasteiger partial charge < -0.3 is 14.0 Å². The lowest BCUT2D eigenvalue weighted by Crippen LogP contribution is -2.35.